The molecule has 0 saturated heterocycles. The van der Waals surface area contributed by atoms with Crippen molar-refractivity contribution in [1.82, 2.24) is 14.5 Å². The third-order valence-electron chi connectivity index (χ3n) is 5.86. The van der Waals surface area contributed by atoms with Crippen LogP contribution in [0.2, 0.25) is 0 Å². The first-order valence-electron chi connectivity index (χ1n) is 11.9. The van der Waals surface area contributed by atoms with E-state index >= 15 is 0 Å². The van der Waals surface area contributed by atoms with E-state index in [-0.39, 0.29) is 24.9 Å². The predicted octanol–water partition coefficient (Wildman–Crippen LogP) is 4.58. The molecule has 0 radical (unpaired) electrons. The number of carbonyl (C=O) groups is 2. The number of hydrogen-bond donors (Lipinski definition) is 1. The summed E-state index contributed by atoms with van der Waals surface area (Å²) in [6.45, 7) is 2.42. The molecule has 4 rings (SSSR count). The monoisotopic (exact) mass is 498 g/mol. The summed E-state index contributed by atoms with van der Waals surface area (Å²) < 4.78 is 12.2. The fraction of sp³-hybridized carbons (Fsp3) is 0.207. The lowest BCUT2D eigenvalue weighted by atomic mass is 10.2. The van der Waals surface area contributed by atoms with Gasteiger partial charge in [-0.1, -0.05) is 48.0 Å². The van der Waals surface area contributed by atoms with Crippen LogP contribution in [0.3, 0.4) is 0 Å². The molecular formula is C29H30N4O4. The first kappa shape index (κ1) is 25.7. The number of carbonyl (C=O) groups excluding carboxylic acids is 2. The average Bonchev–Trinajstić information content (AvgIpc) is 3.35. The smallest absolute Gasteiger partial charge is 0.254 e. The fourth-order valence-corrected chi connectivity index (χ4v) is 3.83. The number of aryl methyl sites for hydroxylation is 1. The second kappa shape index (κ2) is 12.0. The first-order chi connectivity index (χ1) is 18.0. The van der Waals surface area contributed by atoms with Gasteiger partial charge < -0.3 is 14.4 Å². The van der Waals surface area contributed by atoms with Crippen LogP contribution in [-0.2, 0) is 9.53 Å². The topological polar surface area (TPSA) is 85.7 Å². The molecule has 3 aromatic carbocycles. The van der Waals surface area contributed by atoms with Crippen LogP contribution in [0.4, 0.5) is 5.95 Å². The maximum Gasteiger partial charge on any atom is 0.254 e. The fourth-order valence-electron chi connectivity index (χ4n) is 3.83. The predicted molar refractivity (Wildman–Crippen MR) is 143 cm³/mol. The van der Waals surface area contributed by atoms with Crippen molar-refractivity contribution in [1.29, 1.82) is 0 Å². The molecule has 0 aliphatic rings. The van der Waals surface area contributed by atoms with Crippen molar-refractivity contribution in [3.8, 4) is 22.7 Å². The molecule has 0 fully saturated rings. The zero-order valence-electron chi connectivity index (χ0n) is 21.2. The quantitative estimate of drug-likeness (QED) is 0.346. The summed E-state index contributed by atoms with van der Waals surface area (Å²) in [7, 11) is 3.12. The Morgan fingerprint density at radius 1 is 0.946 bits per heavy atom. The van der Waals surface area contributed by atoms with E-state index in [9.17, 15) is 9.59 Å². The summed E-state index contributed by atoms with van der Waals surface area (Å²) in [5, 5.41) is 2.90. The van der Waals surface area contributed by atoms with E-state index < -0.39 is 0 Å². The van der Waals surface area contributed by atoms with Gasteiger partial charge in [0.25, 0.3) is 5.91 Å². The average molecular weight is 499 g/mol. The first-order valence-corrected chi connectivity index (χ1v) is 11.9. The molecule has 37 heavy (non-hydrogen) atoms. The van der Waals surface area contributed by atoms with Crippen molar-refractivity contribution in [2.75, 3.05) is 39.2 Å². The zero-order valence-corrected chi connectivity index (χ0v) is 21.2. The molecular weight excluding hydrogens is 468 g/mol. The van der Waals surface area contributed by atoms with Crippen molar-refractivity contribution >= 4 is 17.8 Å². The number of amides is 2. The van der Waals surface area contributed by atoms with Crippen molar-refractivity contribution in [2.45, 2.75) is 6.92 Å². The standard InChI is InChI=1S/C29H30N4O4/c1-21-9-13-24(14-10-21)33-19-26(22-7-5-4-6-8-22)30-29(33)31-27(34)20-32(17-18-36-2)28(35)23-11-15-25(37-3)16-12-23/h4-16,19H,17-18,20H2,1-3H3,(H,30,31,34). The number of nitrogens with one attached hydrogen (secondary N) is 1. The number of hydrogen-bond acceptors (Lipinski definition) is 5. The molecule has 0 bridgehead atoms. The lowest BCUT2D eigenvalue weighted by Gasteiger charge is -2.22. The van der Waals surface area contributed by atoms with Crippen LogP contribution in [0.25, 0.3) is 16.9 Å². The number of aromatic nitrogens is 2. The molecule has 0 aliphatic heterocycles. The Balaban J connectivity index is 1.58. The summed E-state index contributed by atoms with van der Waals surface area (Å²) >= 11 is 0. The Morgan fingerprint density at radius 3 is 2.30 bits per heavy atom. The zero-order chi connectivity index (χ0) is 26.2. The normalized spacial score (nSPS) is 10.7. The van der Waals surface area contributed by atoms with Crippen LogP contribution >= 0.6 is 0 Å². The highest BCUT2D eigenvalue weighted by atomic mass is 16.5. The molecule has 4 aromatic rings. The molecule has 0 atom stereocenters. The molecule has 1 heterocycles. The Bertz CT molecular complexity index is 1330. The molecule has 8 heteroatoms. The summed E-state index contributed by atoms with van der Waals surface area (Å²) in [4.78, 5) is 32.5. The SMILES string of the molecule is COCCN(CC(=O)Nc1nc(-c2ccccc2)cn1-c1ccc(C)cc1)C(=O)c1ccc(OC)cc1. The molecule has 1 aromatic heterocycles. The van der Waals surface area contributed by atoms with Crippen molar-refractivity contribution in [2.24, 2.45) is 0 Å². The van der Waals surface area contributed by atoms with Crippen LogP contribution in [0.15, 0.2) is 85.1 Å². The van der Waals surface area contributed by atoms with Crippen molar-refractivity contribution in [3.05, 3.63) is 96.2 Å². The number of ether oxygens (including phenoxy) is 2. The number of benzene rings is 3. The van der Waals surface area contributed by atoms with Gasteiger partial charge in [-0.3, -0.25) is 19.5 Å². The summed E-state index contributed by atoms with van der Waals surface area (Å²) in [5.41, 5.74) is 4.10. The number of nitrogens with zero attached hydrogens (tertiary/aromatic N) is 3. The maximum atomic E-state index is 13.2. The molecule has 8 nitrogen and oxygen atoms in total. The molecule has 0 aliphatic carbocycles. The van der Waals surface area contributed by atoms with Crippen LogP contribution in [0.5, 0.6) is 5.75 Å². The van der Waals surface area contributed by atoms with E-state index in [1.54, 1.807) is 38.5 Å². The van der Waals surface area contributed by atoms with E-state index in [4.69, 9.17) is 14.5 Å². The van der Waals surface area contributed by atoms with Gasteiger partial charge in [0.2, 0.25) is 11.9 Å². The maximum absolute atomic E-state index is 13.2. The summed E-state index contributed by atoms with van der Waals surface area (Å²) in [6.07, 6.45) is 1.89. The largest absolute Gasteiger partial charge is 0.497 e. The van der Waals surface area contributed by atoms with Crippen molar-refractivity contribution < 1.29 is 19.1 Å². The Morgan fingerprint density at radius 2 is 1.65 bits per heavy atom. The highest BCUT2D eigenvalue weighted by Crippen LogP contribution is 2.24. The van der Waals surface area contributed by atoms with Crippen LogP contribution in [0.1, 0.15) is 15.9 Å². The lowest BCUT2D eigenvalue weighted by Crippen LogP contribution is -2.40. The van der Waals surface area contributed by atoms with Crippen LogP contribution in [-0.4, -0.2) is 60.2 Å². The van der Waals surface area contributed by atoms with Gasteiger partial charge in [0.1, 0.15) is 12.3 Å². The van der Waals surface area contributed by atoms with Crippen molar-refractivity contribution in [3.63, 3.8) is 0 Å². The Labute approximate surface area is 216 Å². The van der Waals surface area contributed by atoms with Gasteiger partial charge in [-0.25, -0.2) is 4.98 Å². The highest BCUT2D eigenvalue weighted by molar-refractivity contribution is 5.99. The number of rotatable bonds is 10. The third kappa shape index (κ3) is 6.42. The van der Waals surface area contributed by atoms with Gasteiger partial charge in [-0.2, -0.15) is 0 Å². The minimum absolute atomic E-state index is 0.157. The van der Waals surface area contributed by atoms with Gasteiger partial charge in [-0.15, -0.1) is 0 Å². The lowest BCUT2D eigenvalue weighted by molar-refractivity contribution is -0.117. The van der Waals surface area contributed by atoms with E-state index in [1.165, 1.54) is 4.90 Å². The molecule has 0 unspecified atom stereocenters. The minimum Gasteiger partial charge on any atom is -0.497 e. The Hall–Kier alpha value is -4.43. The number of anilines is 1. The highest BCUT2D eigenvalue weighted by Gasteiger charge is 2.21. The molecule has 2 amide bonds. The van der Waals surface area contributed by atoms with E-state index in [0.29, 0.717) is 23.9 Å². The van der Waals surface area contributed by atoms with E-state index in [0.717, 1.165) is 22.5 Å². The summed E-state index contributed by atoms with van der Waals surface area (Å²) in [5.74, 6) is 0.379. The molecule has 0 saturated carbocycles. The van der Waals surface area contributed by atoms with E-state index in [2.05, 4.69) is 5.32 Å². The number of imidazole rings is 1. The van der Waals surface area contributed by atoms with Gasteiger partial charge in [0.15, 0.2) is 0 Å². The Kier molecular flexibility index (Phi) is 8.33. The van der Waals surface area contributed by atoms with Gasteiger partial charge in [0, 0.05) is 36.7 Å². The molecule has 190 valence electrons. The van der Waals surface area contributed by atoms with E-state index in [1.807, 2.05) is 72.3 Å². The third-order valence-corrected chi connectivity index (χ3v) is 5.86. The van der Waals surface area contributed by atoms with Crippen LogP contribution < -0.4 is 10.1 Å². The van der Waals surface area contributed by atoms with Crippen LogP contribution in [0, 0.1) is 6.92 Å². The summed E-state index contributed by atoms with van der Waals surface area (Å²) in [6, 6.07) is 24.5. The second-order valence-corrected chi connectivity index (χ2v) is 8.52. The molecule has 0 spiro atoms. The van der Waals surface area contributed by atoms with Gasteiger partial charge >= 0.3 is 0 Å². The second-order valence-electron chi connectivity index (χ2n) is 8.52. The van der Waals surface area contributed by atoms with Gasteiger partial charge in [-0.05, 0) is 43.3 Å². The minimum atomic E-state index is -0.364. The molecule has 1 N–H and O–H groups in total. The number of methoxy groups -OCH3 is 2. The van der Waals surface area contributed by atoms with Gasteiger partial charge in [0.05, 0.1) is 19.4 Å².